The van der Waals surface area contributed by atoms with Gasteiger partial charge in [-0.1, -0.05) is 12.1 Å². The van der Waals surface area contributed by atoms with E-state index in [0.717, 1.165) is 37.7 Å². The van der Waals surface area contributed by atoms with Crippen molar-refractivity contribution in [1.82, 2.24) is 10.2 Å². The fourth-order valence-corrected chi connectivity index (χ4v) is 2.44. The van der Waals surface area contributed by atoms with Gasteiger partial charge in [-0.3, -0.25) is 4.90 Å². The van der Waals surface area contributed by atoms with Crippen LogP contribution in [0.4, 0.5) is 0 Å². The third-order valence-corrected chi connectivity index (χ3v) is 3.66. The number of benzene rings is 1. The van der Waals surface area contributed by atoms with Crippen LogP contribution in [0.25, 0.3) is 0 Å². The summed E-state index contributed by atoms with van der Waals surface area (Å²) in [5.74, 6) is 1.61. The third kappa shape index (κ3) is 3.61. The second kappa shape index (κ2) is 6.26. The second-order valence-electron chi connectivity index (χ2n) is 5.48. The molecular formula is C15H24N2O2. The van der Waals surface area contributed by atoms with Crippen molar-refractivity contribution in [2.45, 2.75) is 19.4 Å². The van der Waals surface area contributed by atoms with Crippen molar-refractivity contribution in [2.24, 2.45) is 0 Å². The Hall–Kier alpha value is -1.26. The number of methoxy groups -OCH3 is 1. The van der Waals surface area contributed by atoms with E-state index < -0.39 is 0 Å². The van der Waals surface area contributed by atoms with Gasteiger partial charge in [0.15, 0.2) is 11.5 Å². The summed E-state index contributed by atoms with van der Waals surface area (Å²) >= 11 is 0. The monoisotopic (exact) mass is 264 g/mol. The van der Waals surface area contributed by atoms with Crippen LogP contribution in [0.15, 0.2) is 24.3 Å². The minimum Gasteiger partial charge on any atom is -0.493 e. The lowest BCUT2D eigenvalue weighted by atomic mass is 10.0. The highest BCUT2D eigenvalue weighted by molar-refractivity contribution is 5.39. The molecule has 1 aromatic rings. The predicted octanol–water partition coefficient (Wildman–Crippen LogP) is 1.76. The molecule has 4 nitrogen and oxygen atoms in total. The average Bonchev–Trinajstić information content (AvgIpc) is 2.41. The van der Waals surface area contributed by atoms with Gasteiger partial charge in [-0.15, -0.1) is 0 Å². The first-order chi connectivity index (χ1) is 9.13. The van der Waals surface area contributed by atoms with Gasteiger partial charge >= 0.3 is 0 Å². The Balaban J connectivity index is 1.86. The summed E-state index contributed by atoms with van der Waals surface area (Å²) in [5.41, 5.74) is 0.197. The molecule has 0 spiro atoms. The van der Waals surface area contributed by atoms with Crippen LogP contribution in [-0.4, -0.2) is 50.3 Å². The predicted molar refractivity (Wildman–Crippen MR) is 77.0 cm³/mol. The van der Waals surface area contributed by atoms with Gasteiger partial charge in [-0.25, -0.2) is 0 Å². The summed E-state index contributed by atoms with van der Waals surface area (Å²) in [6, 6.07) is 7.78. The van der Waals surface area contributed by atoms with Gasteiger partial charge in [-0.2, -0.15) is 0 Å². The molecule has 0 bridgehead atoms. The van der Waals surface area contributed by atoms with Gasteiger partial charge in [-0.05, 0) is 26.0 Å². The smallest absolute Gasteiger partial charge is 0.161 e. The molecule has 0 atom stereocenters. The van der Waals surface area contributed by atoms with Crippen LogP contribution in [0.2, 0.25) is 0 Å². The minimum absolute atomic E-state index is 0.197. The van der Waals surface area contributed by atoms with Crippen molar-refractivity contribution >= 4 is 0 Å². The highest BCUT2D eigenvalue weighted by atomic mass is 16.5. The van der Waals surface area contributed by atoms with Crippen LogP contribution in [0.3, 0.4) is 0 Å². The van der Waals surface area contributed by atoms with Crippen molar-refractivity contribution in [3.63, 3.8) is 0 Å². The van der Waals surface area contributed by atoms with Crippen LogP contribution in [-0.2, 0) is 0 Å². The Labute approximate surface area is 115 Å². The summed E-state index contributed by atoms with van der Waals surface area (Å²) in [4.78, 5) is 2.47. The highest BCUT2D eigenvalue weighted by Crippen LogP contribution is 2.25. The molecule has 0 radical (unpaired) electrons. The first-order valence-corrected chi connectivity index (χ1v) is 6.85. The van der Waals surface area contributed by atoms with E-state index in [0.29, 0.717) is 6.61 Å². The third-order valence-electron chi connectivity index (χ3n) is 3.66. The number of ether oxygens (including phenoxy) is 2. The van der Waals surface area contributed by atoms with E-state index in [-0.39, 0.29) is 5.54 Å². The molecule has 1 aliphatic rings. The van der Waals surface area contributed by atoms with Crippen LogP contribution in [0, 0.1) is 0 Å². The zero-order valence-electron chi connectivity index (χ0n) is 12.1. The van der Waals surface area contributed by atoms with E-state index >= 15 is 0 Å². The van der Waals surface area contributed by atoms with E-state index in [1.54, 1.807) is 7.11 Å². The summed E-state index contributed by atoms with van der Waals surface area (Å²) in [7, 11) is 1.67. The molecule has 0 amide bonds. The van der Waals surface area contributed by atoms with Gasteiger partial charge < -0.3 is 14.8 Å². The van der Waals surface area contributed by atoms with Gasteiger partial charge in [0.2, 0.25) is 0 Å². The van der Waals surface area contributed by atoms with E-state index in [1.807, 2.05) is 24.3 Å². The number of hydrogen-bond acceptors (Lipinski definition) is 4. The zero-order chi connectivity index (χ0) is 13.7. The Morgan fingerprint density at radius 1 is 1.26 bits per heavy atom. The molecule has 2 rings (SSSR count). The molecule has 1 aromatic carbocycles. The van der Waals surface area contributed by atoms with Gasteiger partial charge in [0.25, 0.3) is 0 Å². The van der Waals surface area contributed by atoms with E-state index in [4.69, 9.17) is 9.47 Å². The summed E-state index contributed by atoms with van der Waals surface area (Å²) in [6.07, 6.45) is 0. The van der Waals surface area contributed by atoms with Crippen LogP contribution in [0.5, 0.6) is 11.5 Å². The van der Waals surface area contributed by atoms with Gasteiger partial charge in [0.05, 0.1) is 7.11 Å². The maximum Gasteiger partial charge on any atom is 0.161 e. The topological polar surface area (TPSA) is 33.7 Å². The number of nitrogens with one attached hydrogen (secondary N) is 1. The first-order valence-electron chi connectivity index (χ1n) is 6.85. The molecule has 4 heteroatoms. The molecule has 1 fully saturated rings. The summed E-state index contributed by atoms with van der Waals surface area (Å²) < 4.78 is 11.1. The van der Waals surface area contributed by atoms with Crippen LogP contribution < -0.4 is 14.8 Å². The Bertz CT molecular complexity index is 407. The molecule has 1 aliphatic heterocycles. The largest absolute Gasteiger partial charge is 0.493 e. The molecule has 1 saturated heterocycles. The molecule has 0 saturated carbocycles. The summed E-state index contributed by atoms with van der Waals surface area (Å²) in [6.45, 7) is 9.31. The van der Waals surface area contributed by atoms with Crippen molar-refractivity contribution in [1.29, 1.82) is 0 Å². The Morgan fingerprint density at radius 3 is 2.68 bits per heavy atom. The second-order valence-corrected chi connectivity index (χ2v) is 5.48. The lowest BCUT2D eigenvalue weighted by Gasteiger charge is -2.42. The minimum atomic E-state index is 0.197. The SMILES string of the molecule is COc1ccccc1OCCN1CCNCC1(C)C. The Kier molecular flexibility index (Phi) is 4.66. The van der Waals surface area contributed by atoms with Crippen molar-refractivity contribution < 1.29 is 9.47 Å². The lowest BCUT2D eigenvalue weighted by Crippen LogP contribution is -2.58. The summed E-state index contributed by atoms with van der Waals surface area (Å²) in [5, 5.41) is 3.43. The number of piperazine rings is 1. The normalized spacial score (nSPS) is 19.1. The molecule has 19 heavy (non-hydrogen) atoms. The first kappa shape index (κ1) is 14.2. The standard InChI is InChI=1S/C15H24N2O2/c1-15(2)12-16-8-9-17(15)10-11-19-14-7-5-4-6-13(14)18-3/h4-7,16H,8-12H2,1-3H3. The Morgan fingerprint density at radius 2 is 2.00 bits per heavy atom. The quantitative estimate of drug-likeness (QED) is 0.878. The van der Waals surface area contributed by atoms with Gasteiger partial charge in [0.1, 0.15) is 6.61 Å². The number of para-hydroxylation sites is 2. The fourth-order valence-electron chi connectivity index (χ4n) is 2.44. The lowest BCUT2D eigenvalue weighted by molar-refractivity contribution is 0.0739. The number of nitrogens with zero attached hydrogens (tertiary/aromatic N) is 1. The van der Waals surface area contributed by atoms with Crippen molar-refractivity contribution in [3.8, 4) is 11.5 Å². The highest BCUT2D eigenvalue weighted by Gasteiger charge is 2.28. The van der Waals surface area contributed by atoms with E-state index in [2.05, 4.69) is 24.1 Å². The average molecular weight is 264 g/mol. The van der Waals surface area contributed by atoms with Crippen LogP contribution >= 0.6 is 0 Å². The number of hydrogen-bond donors (Lipinski definition) is 1. The molecule has 106 valence electrons. The van der Waals surface area contributed by atoms with Crippen molar-refractivity contribution in [3.05, 3.63) is 24.3 Å². The van der Waals surface area contributed by atoms with E-state index in [1.165, 1.54) is 0 Å². The van der Waals surface area contributed by atoms with Crippen LogP contribution in [0.1, 0.15) is 13.8 Å². The van der Waals surface area contributed by atoms with Crippen molar-refractivity contribution in [2.75, 3.05) is 39.9 Å². The number of rotatable bonds is 5. The van der Waals surface area contributed by atoms with Gasteiger partial charge in [0, 0.05) is 31.7 Å². The molecular weight excluding hydrogens is 240 g/mol. The molecule has 1 N–H and O–H groups in total. The fraction of sp³-hybridized carbons (Fsp3) is 0.600. The maximum absolute atomic E-state index is 5.84. The molecule has 0 unspecified atom stereocenters. The molecule has 0 aliphatic carbocycles. The zero-order valence-corrected chi connectivity index (χ0v) is 12.1. The molecule has 0 aromatic heterocycles. The maximum atomic E-state index is 5.84. The molecule has 1 heterocycles. The van der Waals surface area contributed by atoms with E-state index in [9.17, 15) is 0 Å².